The largest absolute Gasteiger partial charge is 0.488 e. The second-order valence-electron chi connectivity index (χ2n) is 13.2. The number of phosphoric acid groups is 2. The van der Waals surface area contributed by atoms with Crippen LogP contribution in [0.25, 0.3) is 6.08 Å². The molecule has 1 aliphatic heterocycles. The van der Waals surface area contributed by atoms with Crippen LogP contribution >= 0.6 is 39.2 Å². The predicted molar refractivity (Wildman–Crippen MR) is 204 cm³/mol. The summed E-state index contributed by atoms with van der Waals surface area (Å²) in [7, 11) is -15.0. The molecule has 1 saturated heterocycles. The number of aromatic amines is 1. The Kier molecular flexibility index (Phi) is 23.2. The van der Waals surface area contributed by atoms with Gasteiger partial charge in [0.15, 0.2) is 0 Å². The van der Waals surface area contributed by atoms with Gasteiger partial charge >= 0.3 is 28.9 Å². The minimum absolute atomic E-state index is 0.00965. The SMILES string of the molecule is CCCCCCCCCCCCCCCCCCP(=O)(OCCCC)OP(=O)(O)OP(=O)(O)OC[C@H]1O[C@@H](n2cc(/C=C/Br)c(=O)[nH]c2=O)CC1O. The molecule has 0 aromatic carbocycles. The first-order valence-electron chi connectivity index (χ1n) is 18.7. The molecule has 4 unspecified atom stereocenters. The molecular weight excluding hydrogens is 805 g/mol. The number of aliphatic hydroxyl groups excluding tert-OH is 1. The Morgan fingerprint density at radius 1 is 0.827 bits per heavy atom. The monoisotopic (exact) mass is 864 g/mol. The molecule has 19 heteroatoms. The first-order valence-corrected chi connectivity index (χ1v) is 24.3. The van der Waals surface area contributed by atoms with Crippen molar-refractivity contribution in [1.29, 1.82) is 0 Å². The van der Waals surface area contributed by atoms with Gasteiger partial charge in [0.25, 0.3) is 5.56 Å². The molecule has 0 aliphatic carbocycles. The number of nitrogens with zero attached hydrogens (tertiary/aromatic N) is 1. The number of unbranched alkanes of at least 4 members (excludes halogenated alkanes) is 16. The Hall–Kier alpha value is -0.730. The van der Waals surface area contributed by atoms with Crippen molar-refractivity contribution in [3.8, 4) is 0 Å². The van der Waals surface area contributed by atoms with E-state index < -0.39 is 59.5 Å². The third kappa shape index (κ3) is 19.2. The maximum Gasteiger partial charge on any atom is 0.488 e. The number of hydrogen-bond acceptors (Lipinski definition) is 11. The molecule has 0 bridgehead atoms. The standard InChI is InChI=1S/C33H60BrN2O13P3/c1-3-5-7-8-9-10-11-12-13-14-15-16-17-18-19-20-24-50(40,45-23-6-4-2)48-52(43,44)49-51(41,42)46-27-30-29(37)25-31(47-30)36-26-28(21-22-34)32(38)35-33(36)39/h21-22,26,29-31,37H,3-20,23-25,27H2,1-2H3,(H,41,42)(H,43,44)(H,35,38,39)/b22-21+/t29?,30-,31-,50?/m1/s1. The predicted octanol–water partition coefficient (Wildman–Crippen LogP) is 9.07. The fourth-order valence-electron chi connectivity index (χ4n) is 5.76. The van der Waals surface area contributed by atoms with E-state index in [9.17, 15) is 38.2 Å². The van der Waals surface area contributed by atoms with Crippen molar-refractivity contribution in [2.45, 2.75) is 154 Å². The molecule has 1 aromatic rings. The number of phosphoric ester groups is 1. The summed E-state index contributed by atoms with van der Waals surface area (Å²) in [5, 5.41) is 10.5. The Morgan fingerprint density at radius 3 is 1.90 bits per heavy atom. The number of hydrogen-bond donors (Lipinski definition) is 4. The highest BCUT2D eigenvalue weighted by molar-refractivity contribution is 9.11. The zero-order valence-electron chi connectivity index (χ0n) is 30.6. The maximum absolute atomic E-state index is 13.5. The van der Waals surface area contributed by atoms with E-state index in [0.29, 0.717) is 25.7 Å². The van der Waals surface area contributed by atoms with Gasteiger partial charge in [0.2, 0.25) is 0 Å². The number of rotatable bonds is 30. The van der Waals surface area contributed by atoms with Gasteiger partial charge in [0.05, 0.1) is 31.0 Å². The van der Waals surface area contributed by atoms with Crippen molar-refractivity contribution in [2.75, 3.05) is 19.4 Å². The minimum Gasteiger partial charge on any atom is -0.390 e. The molecule has 6 atom stereocenters. The smallest absolute Gasteiger partial charge is 0.390 e. The molecule has 0 spiro atoms. The van der Waals surface area contributed by atoms with Gasteiger partial charge in [-0.2, -0.15) is 4.31 Å². The Balaban J connectivity index is 1.78. The van der Waals surface area contributed by atoms with Gasteiger partial charge in [0.1, 0.15) is 12.3 Å². The van der Waals surface area contributed by atoms with Crippen molar-refractivity contribution >= 4 is 45.2 Å². The second kappa shape index (κ2) is 25.4. The van der Waals surface area contributed by atoms with E-state index in [-0.39, 0.29) is 24.8 Å². The lowest BCUT2D eigenvalue weighted by Gasteiger charge is -2.23. The van der Waals surface area contributed by atoms with E-state index in [0.717, 1.165) is 23.8 Å². The van der Waals surface area contributed by atoms with Crippen LogP contribution in [-0.2, 0) is 36.1 Å². The van der Waals surface area contributed by atoms with E-state index >= 15 is 0 Å². The molecule has 0 amide bonds. The third-order valence-corrected chi connectivity index (χ3v) is 14.3. The van der Waals surface area contributed by atoms with Gasteiger partial charge in [0, 0.05) is 12.6 Å². The lowest BCUT2D eigenvalue weighted by molar-refractivity contribution is -0.0450. The van der Waals surface area contributed by atoms with E-state index in [2.05, 4.69) is 32.1 Å². The normalized spacial score (nSPS) is 21.3. The minimum atomic E-state index is -5.45. The maximum atomic E-state index is 13.5. The molecule has 2 rings (SSSR count). The van der Waals surface area contributed by atoms with E-state index in [1.54, 1.807) is 0 Å². The molecule has 1 aliphatic rings. The van der Waals surface area contributed by atoms with Gasteiger partial charge in [-0.1, -0.05) is 133 Å². The van der Waals surface area contributed by atoms with Crippen molar-refractivity contribution in [3.63, 3.8) is 0 Å². The average Bonchev–Trinajstić information content (AvgIpc) is 3.44. The molecule has 52 heavy (non-hydrogen) atoms. The zero-order valence-corrected chi connectivity index (χ0v) is 34.9. The van der Waals surface area contributed by atoms with Gasteiger partial charge in [-0.25, -0.2) is 18.2 Å². The van der Waals surface area contributed by atoms with Crippen LogP contribution in [0.3, 0.4) is 0 Å². The Morgan fingerprint density at radius 2 is 1.37 bits per heavy atom. The number of nitrogens with one attached hydrogen (secondary N) is 1. The summed E-state index contributed by atoms with van der Waals surface area (Å²) < 4.78 is 65.1. The van der Waals surface area contributed by atoms with E-state index in [1.807, 2.05) is 6.92 Å². The number of halogens is 1. The van der Waals surface area contributed by atoms with Crippen LogP contribution in [0, 0.1) is 0 Å². The van der Waals surface area contributed by atoms with Gasteiger partial charge in [-0.3, -0.25) is 23.4 Å². The van der Waals surface area contributed by atoms with Gasteiger partial charge in [-0.05, 0) is 23.9 Å². The summed E-state index contributed by atoms with van der Waals surface area (Å²) in [5.74, 6) is 0. The third-order valence-electron chi connectivity index (χ3n) is 8.66. The molecule has 15 nitrogen and oxygen atoms in total. The fourth-order valence-corrected chi connectivity index (χ4v) is 10.9. The lowest BCUT2D eigenvalue weighted by atomic mass is 10.0. The number of H-pyrrole nitrogens is 1. The highest BCUT2D eigenvalue weighted by atomic mass is 79.9. The molecule has 0 saturated carbocycles. The summed E-state index contributed by atoms with van der Waals surface area (Å²) in [6.45, 7) is 3.32. The van der Waals surface area contributed by atoms with Gasteiger partial charge < -0.3 is 24.2 Å². The van der Waals surface area contributed by atoms with Crippen molar-refractivity contribution in [3.05, 3.63) is 37.6 Å². The Bertz CT molecular complexity index is 1460. The topological polar surface area (TPSA) is 213 Å². The zero-order chi connectivity index (χ0) is 38.5. The number of aromatic nitrogens is 2. The van der Waals surface area contributed by atoms with Crippen LogP contribution in [-0.4, -0.2) is 56.0 Å². The first kappa shape index (κ1) is 47.4. The van der Waals surface area contributed by atoms with Crippen molar-refractivity contribution < 1.29 is 51.0 Å². The van der Waals surface area contributed by atoms with Crippen molar-refractivity contribution in [2.24, 2.45) is 0 Å². The molecule has 2 heterocycles. The highest BCUT2D eigenvalue weighted by Gasteiger charge is 2.44. The van der Waals surface area contributed by atoms with Crippen LogP contribution in [0.4, 0.5) is 0 Å². The molecule has 1 fully saturated rings. The number of aliphatic hydroxyl groups is 1. The summed E-state index contributed by atoms with van der Waals surface area (Å²) in [6.07, 6.45) is 18.2. The summed E-state index contributed by atoms with van der Waals surface area (Å²) in [6, 6.07) is 0. The molecular formula is C33H60BrN2O13P3. The van der Waals surface area contributed by atoms with Crippen LogP contribution in [0.2, 0.25) is 0 Å². The van der Waals surface area contributed by atoms with E-state index in [4.69, 9.17) is 18.1 Å². The fraction of sp³-hybridized carbons (Fsp3) is 0.818. The molecule has 0 radical (unpaired) electrons. The van der Waals surface area contributed by atoms with Crippen LogP contribution in [0.5, 0.6) is 0 Å². The molecule has 302 valence electrons. The van der Waals surface area contributed by atoms with Crippen LogP contribution in [0.15, 0.2) is 20.8 Å². The molecule has 4 N–H and O–H groups in total. The van der Waals surface area contributed by atoms with Crippen LogP contribution in [0.1, 0.15) is 148 Å². The van der Waals surface area contributed by atoms with Crippen LogP contribution < -0.4 is 11.2 Å². The average molecular weight is 866 g/mol. The Labute approximate surface area is 316 Å². The first-order chi connectivity index (χ1) is 24.7. The van der Waals surface area contributed by atoms with Crippen molar-refractivity contribution in [1.82, 2.24) is 9.55 Å². The summed E-state index contributed by atoms with van der Waals surface area (Å²) in [5.41, 5.74) is -1.34. The van der Waals surface area contributed by atoms with E-state index in [1.165, 1.54) is 87.9 Å². The molecule has 1 aromatic heterocycles. The quantitative estimate of drug-likeness (QED) is 0.0420. The summed E-state index contributed by atoms with van der Waals surface area (Å²) in [4.78, 5) is 48.4. The summed E-state index contributed by atoms with van der Waals surface area (Å²) >= 11 is 3.05. The van der Waals surface area contributed by atoms with Gasteiger partial charge in [-0.15, -0.1) is 0 Å². The lowest BCUT2D eigenvalue weighted by Crippen LogP contribution is -2.33. The highest BCUT2D eigenvalue weighted by Crippen LogP contribution is 2.69. The number of ether oxygens (including phenoxy) is 1. The second-order valence-corrected chi connectivity index (χ2v) is 19.1.